The van der Waals surface area contributed by atoms with Crippen LogP contribution in [0.3, 0.4) is 0 Å². The number of nitrogens with one attached hydrogen (secondary N) is 1. The van der Waals surface area contributed by atoms with Gasteiger partial charge in [0.15, 0.2) is 0 Å². The van der Waals surface area contributed by atoms with Crippen molar-refractivity contribution in [1.29, 1.82) is 0 Å². The summed E-state index contributed by atoms with van der Waals surface area (Å²) in [5, 5.41) is 3.84. The molecule has 104 valence electrons. The van der Waals surface area contributed by atoms with Gasteiger partial charge in [-0.05, 0) is 80.6 Å². The van der Waals surface area contributed by atoms with Crippen molar-refractivity contribution in [3.8, 4) is 0 Å². The Bertz CT molecular complexity index is 255. The maximum atomic E-state index is 3.84. The molecule has 0 aromatic rings. The van der Waals surface area contributed by atoms with Gasteiger partial charge in [-0.15, -0.1) is 0 Å². The molecule has 1 heteroatoms. The third-order valence-electron chi connectivity index (χ3n) is 5.96. The first-order valence-electron chi connectivity index (χ1n) is 8.40. The van der Waals surface area contributed by atoms with Gasteiger partial charge in [-0.2, -0.15) is 0 Å². The van der Waals surface area contributed by atoms with E-state index in [2.05, 4.69) is 26.1 Å². The fourth-order valence-electron chi connectivity index (χ4n) is 5.77. The van der Waals surface area contributed by atoms with Gasteiger partial charge in [0.25, 0.3) is 0 Å². The van der Waals surface area contributed by atoms with Crippen molar-refractivity contribution in [3.63, 3.8) is 0 Å². The largest absolute Gasteiger partial charge is 0.314 e. The van der Waals surface area contributed by atoms with Crippen molar-refractivity contribution in [2.24, 2.45) is 35.5 Å². The quantitative estimate of drug-likeness (QED) is 0.774. The van der Waals surface area contributed by atoms with E-state index in [-0.39, 0.29) is 0 Å². The molecule has 4 bridgehead atoms. The minimum atomic E-state index is 0.810. The maximum Gasteiger partial charge on any atom is 0.0103 e. The molecule has 1 unspecified atom stereocenters. The molecular weight excluding hydrogens is 218 g/mol. The van der Waals surface area contributed by atoms with E-state index < -0.39 is 0 Å². The lowest BCUT2D eigenvalue weighted by Gasteiger charge is -2.56. The maximum absolute atomic E-state index is 3.84. The highest BCUT2D eigenvalue weighted by atomic mass is 14.9. The molecule has 18 heavy (non-hydrogen) atoms. The van der Waals surface area contributed by atoms with Gasteiger partial charge >= 0.3 is 0 Å². The van der Waals surface area contributed by atoms with Crippen LogP contribution in [0.25, 0.3) is 0 Å². The van der Waals surface area contributed by atoms with Crippen LogP contribution >= 0.6 is 0 Å². The van der Waals surface area contributed by atoms with E-state index >= 15 is 0 Å². The molecule has 0 amide bonds. The number of hydrogen-bond donors (Lipinski definition) is 1. The topological polar surface area (TPSA) is 12.0 Å². The monoisotopic (exact) mass is 249 g/mol. The predicted octanol–water partition coefficient (Wildman–Crippen LogP) is 4.08. The van der Waals surface area contributed by atoms with Gasteiger partial charge in [-0.3, -0.25) is 0 Å². The molecule has 4 aliphatic carbocycles. The average Bonchev–Trinajstić information content (AvgIpc) is 2.26. The van der Waals surface area contributed by atoms with E-state index in [9.17, 15) is 0 Å². The summed E-state index contributed by atoms with van der Waals surface area (Å²) in [5.41, 5.74) is 0. The molecule has 0 aromatic carbocycles. The first-order chi connectivity index (χ1) is 8.67. The lowest BCUT2D eigenvalue weighted by atomic mass is 9.50. The normalized spacial score (nSPS) is 43.7. The van der Waals surface area contributed by atoms with Crippen LogP contribution in [0.1, 0.15) is 59.3 Å². The van der Waals surface area contributed by atoms with Gasteiger partial charge in [-0.25, -0.2) is 0 Å². The summed E-state index contributed by atoms with van der Waals surface area (Å²) in [6.07, 6.45) is 9.24. The SMILES string of the molecule is CCNC(CC(C)C)C1C2CC3CC(C2)CC1C3. The van der Waals surface area contributed by atoms with E-state index in [1.54, 1.807) is 32.1 Å². The zero-order valence-corrected chi connectivity index (χ0v) is 12.5. The smallest absolute Gasteiger partial charge is 0.0103 e. The Hall–Kier alpha value is -0.0400. The molecule has 4 saturated carbocycles. The summed E-state index contributed by atoms with van der Waals surface area (Å²) in [6.45, 7) is 8.21. The average molecular weight is 249 g/mol. The lowest BCUT2D eigenvalue weighted by molar-refractivity contribution is -0.0541. The Labute approximate surface area is 113 Å². The Morgan fingerprint density at radius 3 is 1.94 bits per heavy atom. The zero-order chi connectivity index (χ0) is 12.7. The Kier molecular flexibility index (Phi) is 3.71. The summed E-state index contributed by atoms with van der Waals surface area (Å²) in [4.78, 5) is 0. The zero-order valence-electron chi connectivity index (χ0n) is 12.5. The van der Waals surface area contributed by atoms with Crippen molar-refractivity contribution in [1.82, 2.24) is 5.32 Å². The van der Waals surface area contributed by atoms with Crippen LogP contribution in [0.15, 0.2) is 0 Å². The first-order valence-corrected chi connectivity index (χ1v) is 8.40. The Morgan fingerprint density at radius 1 is 0.944 bits per heavy atom. The molecule has 0 aromatic heterocycles. The van der Waals surface area contributed by atoms with Crippen molar-refractivity contribution in [2.75, 3.05) is 6.54 Å². The standard InChI is InChI=1S/C17H31N/c1-4-18-16(5-11(2)3)17-14-7-12-6-13(9-14)10-15(17)8-12/h11-18H,4-10H2,1-3H3. The molecule has 0 heterocycles. The van der Waals surface area contributed by atoms with Crippen LogP contribution in [0.2, 0.25) is 0 Å². The van der Waals surface area contributed by atoms with Gasteiger partial charge in [0, 0.05) is 6.04 Å². The molecule has 0 spiro atoms. The van der Waals surface area contributed by atoms with Crippen LogP contribution in [0, 0.1) is 35.5 Å². The van der Waals surface area contributed by atoms with Crippen molar-refractivity contribution in [2.45, 2.75) is 65.3 Å². The highest BCUT2D eigenvalue weighted by Crippen LogP contribution is 2.57. The molecule has 4 fully saturated rings. The molecular formula is C17H31N. The second-order valence-corrected chi connectivity index (χ2v) is 7.80. The van der Waals surface area contributed by atoms with E-state index in [0.29, 0.717) is 0 Å². The van der Waals surface area contributed by atoms with Crippen molar-refractivity contribution >= 4 is 0 Å². The molecule has 1 nitrogen and oxygen atoms in total. The van der Waals surface area contributed by atoms with Crippen LogP contribution in [0.4, 0.5) is 0 Å². The van der Waals surface area contributed by atoms with Gasteiger partial charge in [0.05, 0.1) is 0 Å². The fourth-order valence-corrected chi connectivity index (χ4v) is 5.77. The molecule has 0 saturated heterocycles. The number of hydrogen-bond acceptors (Lipinski definition) is 1. The van der Waals surface area contributed by atoms with Crippen molar-refractivity contribution in [3.05, 3.63) is 0 Å². The first kappa shape index (κ1) is 13.0. The van der Waals surface area contributed by atoms with Gasteiger partial charge < -0.3 is 5.32 Å². The highest BCUT2D eigenvalue weighted by molar-refractivity contribution is 5.01. The highest BCUT2D eigenvalue weighted by Gasteiger charge is 2.50. The molecule has 4 aliphatic rings. The molecule has 0 aliphatic heterocycles. The third-order valence-corrected chi connectivity index (χ3v) is 5.96. The minimum Gasteiger partial charge on any atom is -0.314 e. The van der Waals surface area contributed by atoms with Gasteiger partial charge in [0.2, 0.25) is 0 Å². The van der Waals surface area contributed by atoms with Crippen LogP contribution < -0.4 is 5.32 Å². The van der Waals surface area contributed by atoms with E-state index in [4.69, 9.17) is 0 Å². The molecule has 1 atom stereocenters. The van der Waals surface area contributed by atoms with Crippen LogP contribution in [-0.2, 0) is 0 Å². The van der Waals surface area contributed by atoms with E-state index in [1.165, 1.54) is 6.42 Å². The van der Waals surface area contributed by atoms with Gasteiger partial charge in [-0.1, -0.05) is 20.8 Å². The second-order valence-electron chi connectivity index (χ2n) is 7.80. The summed E-state index contributed by atoms with van der Waals surface area (Å²) in [6, 6.07) is 0.810. The summed E-state index contributed by atoms with van der Waals surface area (Å²) in [7, 11) is 0. The fraction of sp³-hybridized carbons (Fsp3) is 1.00. The van der Waals surface area contributed by atoms with Crippen LogP contribution in [-0.4, -0.2) is 12.6 Å². The number of rotatable bonds is 5. The van der Waals surface area contributed by atoms with Gasteiger partial charge in [0.1, 0.15) is 0 Å². The molecule has 0 radical (unpaired) electrons. The summed E-state index contributed by atoms with van der Waals surface area (Å²) >= 11 is 0. The lowest BCUT2D eigenvalue weighted by Crippen LogP contribution is -2.53. The summed E-state index contributed by atoms with van der Waals surface area (Å²) < 4.78 is 0. The Morgan fingerprint density at radius 2 is 1.50 bits per heavy atom. The van der Waals surface area contributed by atoms with E-state index in [1.807, 2.05) is 0 Å². The second kappa shape index (κ2) is 5.15. The Balaban J connectivity index is 1.73. The minimum absolute atomic E-state index is 0.810. The molecule has 4 rings (SSSR count). The van der Waals surface area contributed by atoms with Crippen molar-refractivity contribution < 1.29 is 0 Å². The summed E-state index contributed by atoms with van der Waals surface area (Å²) in [5.74, 6) is 6.23. The third kappa shape index (κ3) is 2.35. The predicted molar refractivity (Wildman–Crippen MR) is 77.5 cm³/mol. The van der Waals surface area contributed by atoms with E-state index in [0.717, 1.165) is 48.1 Å². The van der Waals surface area contributed by atoms with Crippen LogP contribution in [0.5, 0.6) is 0 Å². The molecule has 1 N–H and O–H groups in total.